The number of benzene rings is 2. The van der Waals surface area contributed by atoms with Crippen LogP contribution in [0.15, 0.2) is 53.4 Å². The van der Waals surface area contributed by atoms with Crippen molar-refractivity contribution in [3.05, 3.63) is 59.7 Å². The fourth-order valence-electron chi connectivity index (χ4n) is 4.12. The van der Waals surface area contributed by atoms with Crippen molar-refractivity contribution in [3.8, 4) is 0 Å². The molecule has 1 unspecified atom stereocenters. The highest BCUT2D eigenvalue weighted by Crippen LogP contribution is 2.36. The van der Waals surface area contributed by atoms with Crippen LogP contribution in [0.3, 0.4) is 0 Å². The first-order valence-corrected chi connectivity index (χ1v) is 11.1. The van der Waals surface area contributed by atoms with E-state index in [2.05, 4.69) is 5.32 Å². The van der Waals surface area contributed by atoms with Crippen molar-refractivity contribution in [2.45, 2.75) is 37.2 Å². The SMILES string of the molecule is CC1Cc2ccccc2N1S(=O)(=O)c1cccc(C(=O)N2CCNC[C@@H]2C)c1. The maximum absolute atomic E-state index is 13.4. The van der Waals surface area contributed by atoms with Crippen LogP contribution in [0.2, 0.25) is 0 Å². The number of piperazine rings is 1. The molecule has 148 valence electrons. The van der Waals surface area contributed by atoms with E-state index in [-0.39, 0.29) is 22.9 Å². The zero-order valence-corrected chi connectivity index (χ0v) is 16.9. The van der Waals surface area contributed by atoms with E-state index in [1.807, 2.05) is 38.1 Å². The number of hydrogen-bond acceptors (Lipinski definition) is 4. The molecular formula is C21H25N3O3S. The second kappa shape index (κ2) is 7.22. The van der Waals surface area contributed by atoms with Crippen LogP contribution in [0, 0.1) is 0 Å². The van der Waals surface area contributed by atoms with Crippen LogP contribution >= 0.6 is 0 Å². The van der Waals surface area contributed by atoms with E-state index in [0.29, 0.717) is 18.5 Å². The molecule has 2 aromatic rings. The maximum Gasteiger partial charge on any atom is 0.264 e. The van der Waals surface area contributed by atoms with Gasteiger partial charge in [0.25, 0.3) is 15.9 Å². The number of anilines is 1. The monoisotopic (exact) mass is 399 g/mol. The Kier molecular flexibility index (Phi) is 4.89. The van der Waals surface area contributed by atoms with Crippen LogP contribution < -0.4 is 9.62 Å². The van der Waals surface area contributed by atoms with Gasteiger partial charge in [-0.3, -0.25) is 9.10 Å². The van der Waals surface area contributed by atoms with Crippen LogP contribution in [-0.2, 0) is 16.4 Å². The molecular weight excluding hydrogens is 374 g/mol. The zero-order chi connectivity index (χ0) is 19.9. The number of amides is 1. The summed E-state index contributed by atoms with van der Waals surface area (Å²) in [5, 5.41) is 3.26. The fourth-order valence-corrected chi connectivity index (χ4v) is 5.85. The van der Waals surface area contributed by atoms with Gasteiger partial charge in [-0.2, -0.15) is 0 Å². The summed E-state index contributed by atoms with van der Waals surface area (Å²) in [6.07, 6.45) is 0.687. The molecule has 1 fully saturated rings. The first kappa shape index (κ1) is 19.0. The lowest BCUT2D eigenvalue weighted by atomic mass is 10.1. The second-order valence-electron chi connectivity index (χ2n) is 7.56. The van der Waals surface area contributed by atoms with Gasteiger partial charge in [-0.1, -0.05) is 24.3 Å². The summed E-state index contributed by atoms with van der Waals surface area (Å²) >= 11 is 0. The van der Waals surface area contributed by atoms with Crippen LogP contribution in [-0.4, -0.2) is 50.9 Å². The third kappa shape index (κ3) is 3.18. The molecule has 1 N–H and O–H groups in total. The smallest absolute Gasteiger partial charge is 0.264 e. The van der Waals surface area contributed by atoms with Crippen molar-refractivity contribution < 1.29 is 13.2 Å². The Bertz CT molecular complexity index is 1010. The molecule has 1 saturated heterocycles. The third-order valence-electron chi connectivity index (χ3n) is 5.54. The second-order valence-corrected chi connectivity index (χ2v) is 9.38. The van der Waals surface area contributed by atoms with Gasteiger partial charge in [-0.05, 0) is 50.1 Å². The quantitative estimate of drug-likeness (QED) is 0.860. The molecule has 2 aliphatic rings. The van der Waals surface area contributed by atoms with Crippen molar-refractivity contribution in [1.82, 2.24) is 10.2 Å². The van der Waals surface area contributed by atoms with Crippen molar-refractivity contribution in [2.24, 2.45) is 0 Å². The van der Waals surface area contributed by atoms with E-state index in [0.717, 1.165) is 24.3 Å². The molecule has 28 heavy (non-hydrogen) atoms. The lowest BCUT2D eigenvalue weighted by Gasteiger charge is -2.34. The normalized spacial score (nSPS) is 22.2. The van der Waals surface area contributed by atoms with Gasteiger partial charge in [0.15, 0.2) is 0 Å². The lowest BCUT2D eigenvalue weighted by Crippen LogP contribution is -2.52. The Morgan fingerprint density at radius 3 is 2.64 bits per heavy atom. The molecule has 2 aromatic carbocycles. The van der Waals surface area contributed by atoms with Gasteiger partial charge >= 0.3 is 0 Å². The molecule has 4 rings (SSSR count). The minimum absolute atomic E-state index is 0.0759. The number of para-hydroxylation sites is 1. The number of nitrogens with zero attached hydrogens (tertiary/aromatic N) is 2. The van der Waals surface area contributed by atoms with Gasteiger partial charge < -0.3 is 10.2 Å². The number of carbonyl (C=O) groups is 1. The first-order valence-electron chi connectivity index (χ1n) is 9.63. The highest BCUT2D eigenvalue weighted by molar-refractivity contribution is 7.92. The van der Waals surface area contributed by atoms with Crippen molar-refractivity contribution >= 4 is 21.6 Å². The number of hydrogen-bond donors (Lipinski definition) is 1. The van der Waals surface area contributed by atoms with Gasteiger partial charge in [0.1, 0.15) is 0 Å². The lowest BCUT2D eigenvalue weighted by molar-refractivity contribution is 0.0655. The largest absolute Gasteiger partial charge is 0.333 e. The highest BCUT2D eigenvalue weighted by atomic mass is 32.2. The number of nitrogens with one attached hydrogen (secondary N) is 1. The summed E-state index contributed by atoms with van der Waals surface area (Å²) in [7, 11) is -3.75. The average molecular weight is 400 g/mol. The van der Waals surface area contributed by atoms with Gasteiger partial charge in [0.2, 0.25) is 0 Å². The summed E-state index contributed by atoms with van der Waals surface area (Å²) in [5.74, 6) is -0.124. The Balaban J connectivity index is 1.68. The maximum atomic E-state index is 13.4. The Morgan fingerprint density at radius 1 is 1.07 bits per heavy atom. The molecule has 2 aliphatic heterocycles. The van der Waals surface area contributed by atoms with Gasteiger partial charge in [-0.25, -0.2) is 8.42 Å². The molecule has 0 aromatic heterocycles. The van der Waals surface area contributed by atoms with Gasteiger partial charge in [-0.15, -0.1) is 0 Å². The van der Waals surface area contributed by atoms with E-state index < -0.39 is 10.0 Å². The minimum Gasteiger partial charge on any atom is -0.333 e. The Labute approximate surface area is 166 Å². The predicted octanol–water partition coefficient (Wildman–Crippen LogP) is 2.26. The van der Waals surface area contributed by atoms with Crippen LogP contribution in [0.25, 0.3) is 0 Å². The molecule has 0 bridgehead atoms. The summed E-state index contributed by atoms with van der Waals surface area (Å²) in [4.78, 5) is 14.9. The first-order chi connectivity index (χ1) is 13.4. The molecule has 7 heteroatoms. The van der Waals surface area contributed by atoms with E-state index in [1.165, 1.54) is 10.4 Å². The van der Waals surface area contributed by atoms with Gasteiger partial charge in [0.05, 0.1) is 10.6 Å². The minimum atomic E-state index is -3.75. The summed E-state index contributed by atoms with van der Waals surface area (Å²) in [5.41, 5.74) is 2.16. The van der Waals surface area contributed by atoms with Gasteiger partial charge in [0, 0.05) is 37.3 Å². The summed E-state index contributed by atoms with van der Waals surface area (Å²) in [6, 6.07) is 13.9. The number of rotatable bonds is 3. The molecule has 6 nitrogen and oxygen atoms in total. The molecule has 0 spiro atoms. The van der Waals surface area contributed by atoms with Crippen molar-refractivity contribution in [3.63, 3.8) is 0 Å². The van der Waals surface area contributed by atoms with Crippen molar-refractivity contribution in [2.75, 3.05) is 23.9 Å². The summed E-state index contributed by atoms with van der Waals surface area (Å²) < 4.78 is 28.3. The average Bonchev–Trinajstić information content (AvgIpc) is 3.04. The van der Waals surface area contributed by atoms with E-state index in [4.69, 9.17) is 0 Å². The highest BCUT2D eigenvalue weighted by Gasteiger charge is 2.36. The van der Waals surface area contributed by atoms with E-state index >= 15 is 0 Å². The number of carbonyl (C=O) groups excluding carboxylic acids is 1. The summed E-state index contributed by atoms with van der Waals surface area (Å²) in [6.45, 7) is 6.01. The van der Waals surface area contributed by atoms with E-state index in [9.17, 15) is 13.2 Å². The van der Waals surface area contributed by atoms with Crippen LogP contribution in [0.5, 0.6) is 0 Å². The van der Waals surface area contributed by atoms with Crippen molar-refractivity contribution in [1.29, 1.82) is 0 Å². The third-order valence-corrected chi connectivity index (χ3v) is 7.47. The Hall–Kier alpha value is -2.38. The topological polar surface area (TPSA) is 69.7 Å². The molecule has 2 heterocycles. The molecule has 0 aliphatic carbocycles. The standard InChI is InChI=1S/C21H25N3O3S/c1-15-12-17-6-3-4-9-20(17)24(15)28(26,27)19-8-5-7-18(13-19)21(25)23-11-10-22-14-16(23)2/h3-9,13,15-16,22H,10-12,14H2,1-2H3/t15?,16-/m0/s1. The zero-order valence-electron chi connectivity index (χ0n) is 16.1. The van der Waals surface area contributed by atoms with Crippen LogP contribution in [0.4, 0.5) is 5.69 Å². The molecule has 2 atom stereocenters. The molecule has 1 amide bonds. The Morgan fingerprint density at radius 2 is 1.86 bits per heavy atom. The number of sulfonamides is 1. The molecule has 0 saturated carbocycles. The van der Waals surface area contributed by atoms with Crippen LogP contribution in [0.1, 0.15) is 29.8 Å². The van der Waals surface area contributed by atoms with E-state index in [1.54, 1.807) is 23.1 Å². The molecule has 0 radical (unpaired) electrons. The number of fused-ring (bicyclic) bond motifs is 1. The fraction of sp³-hybridized carbons (Fsp3) is 0.381. The predicted molar refractivity (Wildman–Crippen MR) is 109 cm³/mol.